The van der Waals surface area contributed by atoms with Crippen molar-refractivity contribution in [2.45, 2.75) is 27.2 Å². The number of nitrogens with zero attached hydrogens (tertiary/aromatic N) is 1. The number of ether oxygens (including phenoxy) is 1. The van der Waals surface area contributed by atoms with Gasteiger partial charge in [-0.25, -0.2) is 0 Å². The van der Waals surface area contributed by atoms with Crippen LogP contribution in [0.2, 0.25) is 0 Å². The highest BCUT2D eigenvalue weighted by Gasteiger charge is 2.24. The lowest BCUT2D eigenvalue weighted by Gasteiger charge is -2.16. The fourth-order valence-electron chi connectivity index (χ4n) is 3.34. The Morgan fingerprint density at radius 1 is 1.07 bits per heavy atom. The molecule has 0 amide bonds. The monoisotopic (exact) mass is 407 g/mol. The molecule has 1 N–H and O–H groups in total. The van der Waals surface area contributed by atoms with Gasteiger partial charge in [-0.05, 0) is 46.4 Å². The molecule has 1 unspecified atom stereocenters. The summed E-state index contributed by atoms with van der Waals surface area (Å²) >= 11 is 0. The molecule has 3 aromatic rings. The lowest BCUT2D eigenvalue weighted by Crippen LogP contribution is -2.13. The van der Waals surface area contributed by atoms with E-state index in [1.54, 1.807) is 6.92 Å². The molecule has 3 aromatic carbocycles. The predicted octanol–water partition coefficient (Wildman–Crippen LogP) is 5.71. The lowest BCUT2D eigenvalue weighted by atomic mass is 9.94. The van der Waals surface area contributed by atoms with Crippen molar-refractivity contribution >= 4 is 22.4 Å². The number of carbonyl (C=O) groups is 1. The molecule has 0 aliphatic rings. The van der Waals surface area contributed by atoms with Crippen LogP contribution in [0.1, 0.15) is 26.3 Å². The minimum absolute atomic E-state index is 0.145. The van der Waals surface area contributed by atoms with Gasteiger partial charge in [-0.3, -0.25) is 14.9 Å². The molecule has 0 radical (unpaired) electrons. The predicted molar refractivity (Wildman–Crippen MR) is 117 cm³/mol. The Morgan fingerprint density at radius 3 is 2.40 bits per heavy atom. The number of carboxylic acids is 1. The maximum Gasteiger partial charge on any atom is 0.311 e. The number of hydrogen-bond donors (Lipinski definition) is 1. The van der Waals surface area contributed by atoms with Crippen LogP contribution in [0, 0.1) is 22.0 Å². The molecule has 0 heterocycles. The van der Waals surface area contributed by atoms with Crippen molar-refractivity contribution in [3.05, 3.63) is 70.3 Å². The summed E-state index contributed by atoms with van der Waals surface area (Å²) in [6, 6.07) is 17.0. The van der Waals surface area contributed by atoms with Crippen molar-refractivity contribution in [1.82, 2.24) is 0 Å². The standard InChI is InChI=1S/C24H25NO5/c1-15(2)14-30-23-21(20-9-8-18-6-4-5-7-19(18)13-20)11-17(10-16(3)24(26)27)12-22(23)25(28)29/h4-9,11-13,15-16H,10,14H2,1-3H3,(H,26,27). The Hall–Kier alpha value is -3.41. The molecule has 0 aromatic heterocycles. The zero-order valence-electron chi connectivity index (χ0n) is 17.3. The Balaban J connectivity index is 2.20. The van der Waals surface area contributed by atoms with Gasteiger partial charge in [-0.15, -0.1) is 0 Å². The summed E-state index contributed by atoms with van der Waals surface area (Å²) in [6.07, 6.45) is 0.196. The Bertz CT molecular complexity index is 1090. The van der Waals surface area contributed by atoms with Gasteiger partial charge in [0.15, 0.2) is 0 Å². The number of nitro benzene ring substituents is 1. The molecule has 3 rings (SSSR count). The zero-order chi connectivity index (χ0) is 21.8. The van der Waals surface area contributed by atoms with Gasteiger partial charge in [-0.1, -0.05) is 57.2 Å². The van der Waals surface area contributed by atoms with Crippen molar-refractivity contribution < 1.29 is 19.6 Å². The molecule has 0 fully saturated rings. The van der Waals surface area contributed by atoms with Gasteiger partial charge in [0, 0.05) is 11.6 Å². The summed E-state index contributed by atoms with van der Waals surface area (Å²) in [5, 5.41) is 23.2. The van der Waals surface area contributed by atoms with Crippen LogP contribution in [0.15, 0.2) is 54.6 Å². The summed E-state index contributed by atoms with van der Waals surface area (Å²) in [5.41, 5.74) is 1.84. The number of fused-ring (bicyclic) bond motifs is 1. The Kier molecular flexibility index (Phi) is 6.35. The van der Waals surface area contributed by atoms with E-state index in [-0.39, 0.29) is 23.8 Å². The minimum atomic E-state index is -0.940. The maximum atomic E-state index is 11.8. The van der Waals surface area contributed by atoms with Gasteiger partial charge in [0.25, 0.3) is 0 Å². The molecule has 0 aliphatic heterocycles. The van der Waals surface area contributed by atoms with Gasteiger partial charge >= 0.3 is 11.7 Å². The number of carboxylic acid groups (broad SMARTS) is 1. The molecular formula is C24H25NO5. The van der Waals surface area contributed by atoms with Crippen LogP contribution in [-0.2, 0) is 11.2 Å². The van der Waals surface area contributed by atoms with Crippen LogP contribution in [0.4, 0.5) is 5.69 Å². The van der Waals surface area contributed by atoms with E-state index in [0.717, 1.165) is 16.3 Å². The summed E-state index contributed by atoms with van der Waals surface area (Å²) < 4.78 is 5.91. The summed E-state index contributed by atoms with van der Waals surface area (Å²) in [5.74, 6) is -1.18. The highest BCUT2D eigenvalue weighted by Crippen LogP contribution is 2.41. The molecule has 0 bridgehead atoms. The molecule has 156 valence electrons. The third-order valence-electron chi connectivity index (χ3n) is 4.91. The van der Waals surface area contributed by atoms with Gasteiger partial charge in [0.2, 0.25) is 5.75 Å². The van der Waals surface area contributed by atoms with Crippen LogP contribution >= 0.6 is 0 Å². The van der Waals surface area contributed by atoms with E-state index in [1.165, 1.54) is 6.07 Å². The zero-order valence-corrected chi connectivity index (χ0v) is 17.3. The van der Waals surface area contributed by atoms with E-state index in [1.807, 2.05) is 62.4 Å². The third kappa shape index (κ3) is 4.76. The molecule has 0 aliphatic carbocycles. The lowest BCUT2D eigenvalue weighted by molar-refractivity contribution is -0.385. The van der Waals surface area contributed by atoms with Crippen LogP contribution < -0.4 is 4.74 Å². The van der Waals surface area contributed by atoms with E-state index in [0.29, 0.717) is 17.7 Å². The molecule has 1 atom stereocenters. The normalized spacial score (nSPS) is 12.1. The number of benzene rings is 3. The van der Waals surface area contributed by atoms with Gasteiger partial charge in [0.05, 0.1) is 17.4 Å². The van der Waals surface area contributed by atoms with Crippen molar-refractivity contribution in [2.75, 3.05) is 6.61 Å². The van der Waals surface area contributed by atoms with Crippen LogP contribution in [0.5, 0.6) is 5.75 Å². The number of aliphatic carboxylic acids is 1. The SMILES string of the molecule is CC(C)COc1c(-c2ccc3ccccc3c2)cc(CC(C)C(=O)O)cc1[N+](=O)[O-]. The van der Waals surface area contributed by atoms with Crippen molar-refractivity contribution in [3.8, 4) is 16.9 Å². The first-order chi connectivity index (χ1) is 14.3. The van der Waals surface area contributed by atoms with E-state index in [9.17, 15) is 20.0 Å². The molecule has 30 heavy (non-hydrogen) atoms. The quantitative estimate of drug-likeness (QED) is 0.381. The smallest absolute Gasteiger partial charge is 0.311 e. The van der Waals surface area contributed by atoms with Gasteiger partial charge < -0.3 is 9.84 Å². The van der Waals surface area contributed by atoms with E-state index < -0.39 is 16.8 Å². The number of hydrogen-bond acceptors (Lipinski definition) is 4. The average molecular weight is 407 g/mol. The first-order valence-corrected chi connectivity index (χ1v) is 9.92. The molecular weight excluding hydrogens is 382 g/mol. The second-order valence-electron chi connectivity index (χ2n) is 7.96. The van der Waals surface area contributed by atoms with Crippen molar-refractivity contribution in [3.63, 3.8) is 0 Å². The molecule has 0 spiro atoms. The fraction of sp³-hybridized carbons (Fsp3) is 0.292. The topological polar surface area (TPSA) is 89.7 Å². The molecule has 6 heteroatoms. The summed E-state index contributed by atoms with van der Waals surface area (Å²) in [7, 11) is 0. The summed E-state index contributed by atoms with van der Waals surface area (Å²) in [6.45, 7) is 5.88. The van der Waals surface area contributed by atoms with Crippen LogP contribution in [-0.4, -0.2) is 22.6 Å². The molecule has 6 nitrogen and oxygen atoms in total. The number of nitro groups is 1. The second kappa shape index (κ2) is 8.95. The number of rotatable bonds is 8. The third-order valence-corrected chi connectivity index (χ3v) is 4.91. The minimum Gasteiger partial charge on any atom is -0.486 e. The van der Waals surface area contributed by atoms with Crippen LogP contribution in [0.25, 0.3) is 21.9 Å². The summed E-state index contributed by atoms with van der Waals surface area (Å²) in [4.78, 5) is 22.7. The van der Waals surface area contributed by atoms with Gasteiger partial charge in [-0.2, -0.15) is 0 Å². The Morgan fingerprint density at radius 2 is 1.77 bits per heavy atom. The van der Waals surface area contributed by atoms with E-state index in [2.05, 4.69) is 0 Å². The average Bonchev–Trinajstić information content (AvgIpc) is 2.71. The van der Waals surface area contributed by atoms with Crippen molar-refractivity contribution in [1.29, 1.82) is 0 Å². The largest absolute Gasteiger partial charge is 0.486 e. The second-order valence-corrected chi connectivity index (χ2v) is 7.96. The highest BCUT2D eigenvalue weighted by atomic mass is 16.6. The maximum absolute atomic E-state index is 11.8. The molecule has 0 saturated heterocycles. The van der Waals surface area contributed by atoms with E-state index >= 15 is 0 Å². The molecule has 0 saturated carbocycles. The van der Waals surface area contributed by atoms with Crippen LogP contribution in [0.3, 0.4) is 0 Å². The van der Waals surface area contributed by atoms with E-state index in [4.69, 9.17) is 4.74 Å². The Labute approximate surface area is 175 Å². The van der Waals surface area contributed by atoms with Gasteiger partial charge in [0.1, 0.15) is 0 Å². The van der Waals surface area contributed by atoms with Crippen molar-refractivity contribution in [2.24, 2.45) is 11.8 Å². The fourth-order valence-corrected chi connectivity index (χ4v) is 3.34. The highest BCUT2D eigenvalue weighted by molar-refractivity contribution is 5.89. The first-order valence-electron chi connectivity index (χ1n) is 9.92. The first kappa shape index (κ1) is 21.3.